The van der Waals surface area contributed by atoms with Crippen LogP contribution in [-0.2, 0) is 14.4 Å². The van der Waals surface area contributed by atoms with Gasteiger partial charge in [-0.1, -0.05) is 53.5 Å². The van der Waals surface area contributed by atoms with Crippen LogP contribution in [0.15, 0.2) is 66.7 Å². The quantitative estimate of drug-likeness (QED) is 0.490. The summed E-state index contributed by atoms with van der Waals surface area (Å²) in [4.78, 5) is 34.3. The monoisotopic (exact) mass is 498 g/mol. The second kappa shape index (κ2) is 8.83. The minimum atomic E-state index is -1.07. The number of amides is 2. The number of hydroxylamine groups is 1. The maximum absolute atomic E-state index is 13.7. The van der Waals surface area contributed by atoms with Gasteiger partial charge in [0, 0.05) is 0 Å². The summed E-state index contributed by atoms with van der Waals surface area (Å²) in [6.45, 7) is 2.16. The average molecular weight is 499 g/mol. The molecule has 0 aliphatic carbocycles. The van der Waals surface area contributed by atoms with Gasteiger partial charge in [0.2, 0.25) is 5.91 Å². The molecule has 2 aliphatic heterocycles. The fraction of sp³-hybridized carbons (Fsp3) is 0.200. The van der Waals surface area contributed by atoms with Crippen LogP contribution in [-0.4, -0.2) is 29.6 Å². The van der Waals surface area contributed by atoms with Crippen LogP contribution in [0.2, 0.25) is 10.0 Å². The van der Waals surface area contributed by atoms with Gasteiger partial charge in [0.15, 0.2) is 17.6 Å². The summed E-state index contributed by atoms with van der Waals surface area (Å²) in [6, 6.07) is 18.2. The first kappa shape index (κ1) is 22.5. The molecule has 9 heteroatoms. The van der Waals surface area contributed by atoms with E-state index in [4.69, 9.17) is 32.8 Å². The lowest BCUT2D eigenvalue weighted by molar-refractivity contribution is -0.126. The van der Waals surface area contributed by atoms with Gasteiger partial charge >= 0.3 is 0 Å². The molecular weight excluding hydrogens is 479 g/mol. The van der Waals surface area contributed by atoms with Crippen molar-refractivity contribution in [1.29, 1.82) is 0 Å². The number of ether oxygens (including phenoxy) is 1. The summed E-state index contributed by atoms with van der Waals surface area (Å²) in [6.07, 6.45) is -1.07. The van der Waals surface area contributed by atoms with Crippen molar-refractivity contribution in [3.8, 4) is 11.5 Å². The lowest BCUT2D eigenvalue weighted by atomic mass is 9.90. The van der Waals surface area contributed by atoms with E-state index >= 15 is 0 Å². The van der Waals surface area contributed by atoms with Crippen LogP contribution in [0.5, 0.6) is 11.5 Å². The molecule has 7 nitrogen and oxygen atoms in total. The summed E-state index contributed by atoms with van der Waals surface area (Å²) >= 11 is 12.6. The third-order valence-corrected chi connectivity index (χ3v) is 6.52. The Labute approximate surface area is 206 Å². The molecule has 3 atom stereocenters. The van der Waals surface area contributed by atoms with Crippen molar-refractivity contribution in [2.24, 2.45) is 5.92 Å². The summed E-state index contributed by atoms with van der Waals surface area (Å²) in [5.74, 6) is -1.64. The van der Waals surface area contributed by atoms with Gasteiger partial charge in [-0.3, -0.25) is 14.4 Å². The van der Waals surface area contributed by atoms with Gasteiger partial charge in [-0.15, -0.1) is 0 Å². The lowest BCUT2D eigenvalue weighted by Crippen LogP contribution is -2.37. The van der Waals surface area contributed by atoms with E-state index in [1.54, 1.807) is 35.4 Å². The second-order valence-corrected chi connectivity index (χ2v) is 8.71. The fourth-order valence-electron chi connectivity index (χ4n) is 4.46. The molecule has 174 valence electrons. The number of benzene rings is 3. The number of imide groups is 1. The van der Waals surface area contributed by atoms with Crippen LogP contribution < -0.4 is 14.7 Å². The van der Waals surface area contributed by atoms with Crippen LogP contribution in [0.1, 0.15) is 18.5 Å². The number of phenolic OH excluding ortho intramolecular Hbond substituents is 1. The fourth-order valence-corrected chi connectivity index (χ4v) is 5.03. The highest BCUT2D eigenvalue weighted by Gasteiger charge is 2.60. The topological polar surface area (TPSA) is 79.3 Å². The van der Waals surface area contributed by atoms with Gasteiger partial charge in [0.05, 0.1) is 34.1 Å². The highest BCUT2D eigenvalue weighted by atomic mass is 35.5. The Morgan fingerprint density at radius 3 is 2.35 bits per heavy atom. The molecule has 2 fully saturated rings. The predicted octanol–water partition coefficient (Wildman–Crippen LogP) is 5.15. The molecule has 3 aromatic rings. The second-order valence-electron chi connectivity index (χ2n) is 7.90. The molecule has 2 heterocycles. The predicted molar refractivity (Wildman–Crippen MR) is 128 cm³/mol. The maximum Gasteiger partial charge on any atom is 0.266 e. The Hall–Kier alpha value is -3.26. The normalized spacial score (nSPS) is 21.8. The SMILES string of the molecule is CCOc1cc([C@H]2[C@@H]3C(=O)N(c4c(Cl)cccc4Cl)C(=O)[C@H]3ON2c2ccccc2)ccc1O. The van der Waals surface area contributed by atoms with Gasteiger partial charge in [-0.2, -0.15) is 0 Å². The highest BCUT2D eigenvalue weighted by molar-refractivity contribution is 6.42. The highest BCUT2D eigenvalue weighted by Crippen LogP contribution is 2.50. The molecule has 1 N–H and O–H groups in total. The van der Waals surface area contributed by atoms with Crippen molar-refractivity contribution in [2.75, 3.05) is 16.6 Å². The number of rotatable bonds is 5. The van der Waals surface area contributed by atoms with Gasteiger partial charge < -0.3 is 9.84 Å². The molecule has 5 rings (SSSR count). The summed E-state index contributed by atoms with van der Waals surface area (Å²) in [5, 5.41) is 12.1. The largest absolute Gasteiger partial charge is 0.504 e. The number of nitrogens with zero attached hydrogens (tertiary/aromatic N) is 2. The molecule has 0 aromatic heterocycles. The van der Waals surface area contributed by atoms with E-state index in [0.717, 1.165) is 4.90 Å². The zero-order chi connectivity index (χ0) is 24.0. The van der Waals surface area contributed by atoms with E-state index in [1.165, 1.54) is 6.07 Å². The molecule has 0 spiro atoms. The first-order valence-corrected chi connectivity index (χ1v) is 11.5. The number of anilines is 2. The molecule has 0 unspecified atom stereocenters. The van der Waals surface area contributed by atoms with Crippen molar-refractivity contribution in [3.05, 3.63) is 82.3 Å². The number of phenols is 1. The number of hydrogen-bond donors (Lipinski definition) is 1. The number of hydrogen-bond acceptors (Lipinski definition) is 6. The summed E-state index contributed by atoms with van der Waals surface area (Å²) in [7, 11) is 0. The van der Waals surface area contributed by atoms with E-state index in [0.29, 0.717) is 17.9 Å². The zero-order valence-electron chi connectivity index (χ0n) is 18.0. The van der Waals surface area contributed by atoms with E-state index in [1.807, 2.05) is 37.3 Å². The first-order valence-electron chi connectivity index (χ1n) is 10.7. The Morgan fingerprint density at radius 1 is 0.971 bits per heavy atom. The summed E-state index contributed by atoms with van der Waals surface area (Å²) in [5.41, 5.74) is 1.46. The van der Waals surface area contributed by atoms with Crippen LogP contribution in [0.25, 0.3) is 0 Å². The number of fused-ring (bicyclic) bond motifs is 1. The number of halogens is 2. The molecule has 34 heavy (non-hydrogen) atoms. The minimum absolute atomic E-state index is 0.0226. The van der Waals surface area contributed by atoms with Crippen molar-refractivity contribution in [2.45, 2.75) is 19.1 Å². The van der Waals surface area contributed by atoms with E-state index in [9.17, 15) is 14.7 Å². The average Bonchev–Trinajstić information content (AvgIpc) is 3.33. The molecule has 0 saturated carbocycles. The summed E-state index contributed by atoms with van der Waals surface area (Å²) < 4.78 is 5.55. The third-order valence-electron chi connectivity index (χ3n) is 5.91. The standard InChI is InChI=1S/C25H20Cl2N2O5/c1-2-33-19-13-14(11-12-18(19)30)21-20-23(34-29(21)15-7-4-3-5-8-15)25(32)28(24(20)31)22-16(26)9-6-10-17(22)27/h3-13,20-21,23,30H,2H2,1H3/t20-,21-,23-/m0/s1. The molecule has 2 amide bonds. The van der Waals surface area contributed by atoms with Crippen LogP contribution >= 0.6 is 23.2 Å². The molecule has 2 aliphatic rings. The van der Waals surface area contributed by atoms with Gasteiger partial charge in [-0.25, -0.2) is 9.96 Å². The van der Waals surface area contributed by atoms with Crippen molar-refractivity contribution in [1.82, 2.24) is 0 Å². The van der Waals surface area contributed by atoms with E-state index in [2.05, 4.69) is 0 Å². The Balaban J connectivity index is 1.62. The van der Waals surface area contributed by atoms with Gasteiger partial charge in [0.1, 0.15) is 5.92 Å². The number of aromatic hydroxyl groups is 1. The molecular formula is C25H20Cl2N2O5. The number of para-hydroxylation sites is 2. The van der Waals surface area contributed by atoms with Crippen molar-refractivity contribution < 1.29 is 24.3 Å². The Morgan fingerprint density at radius 2 is 1.68 bits per heavy atom. The van der Waals surface area contributed by atoms with E-state index in [-0.39, 0.29) is 27.2 Å². The van der Waals surface area contributed by atoms with Crippen LogP contribution in [0, 0.1) is 5.92 Å². The minimum Gasteiger partial charge on any atom is -0.504 e. The zero-order valence-corrected chi connectivity index (χ0v) is 19.5. The Kier molecular flexibility index (Phi) is 5.85. The van der Waals surface area contributed by atoms with Gasteiger partial charge in [-0.05, 0) is 48.9 Å². The first-order chi connectivity index (χ1) is 16.4. The van der Waals surface area contributed by atoms with Gasteiger partial charge in [0.25, 0.3) is 5.91 Å². The third kappa shape index (κ3) is 3.57. The Bertz CT molecular complexity index is 1250. The van der Waals surface area contributed by atoms with Crippen molar-refractivity contribution in [3.63, 3.8) is 0 Å². The lowest BCUT2D eigenvalue weighted by Gasteiger charge is -2.29. The molecule has 3 aromatic carbocycles. The maximum atomic E-state index is 13.7. The molecule has 2 saturated heterocycles. The van der Waals surface area contributed by atoms with Crippen LogP contribution in [0.4, 0.5) is 11.4 Å². The molecule has 0 bridgehead atoms. The van der Waals surface area contributed by atoms with E-state index < -0.39 is 29.9 Å². The number of carbonyl (C=O) groups excluding carboxylic acids is 2. The smallest absolute Gasteiger partial charge is 0.266 e. The number of carbonyl (C=O) groups is 2. The molecule has 0 radical (unpaired) electrons. The van der Waals surface area contributed by atoms with Crippen molar-refractivity contribution >= 4 is 46.4 Å². The van der Waals surface area contributed by atoms with Crippen LogP contribution in [0.3, 0.4) is 0 Å².